The molecule has 0 unspecified atom stereocenters. The molecule has 24 heavy (non-hydrogen) atoms. The molecule has 1 aliphatic rings. The summed E-state index contributed by atoms with van der Waals surface area (Å²) in [5.74, 6) is -0.919. The summed E-state index contributed by atoms with van der Waals surface area (Å²) in [5, 5.41) is 0. The maximum absolute atomic E-state index is 12.5. The number of sulfonamides is 1. The first kappa shape index (κ1) is 16.4. The number of imide groups is 1. The monoisotopic (exact) mass is 344 g/mol. The lowest BCUT2D eigenvalue weighted by Crippen LogP contribution is -2.24. The summed E-state index contributed by atoms with van der Waals surface area (Å²) < 4.78 is 27.5. The molecule has 2 amide bonds. The van der Waals surface area contributed by atoms with Gasteiger partial charge >= 0.3 is 0 Å². The number of aryl methyl sites for hydroxylation is 1. The standard InChI is InChI=1S/C17H16N2O4S/c1-11-5-3-4-6-12(11)10-18-24(22,23)13-7-8-14-15(9-13)17(21)19(2)16(14)20/h3-9,18H,10H2,1-2H3. The first-order valence-corrected chi connectivity index (χ1v) is 8.80. The largest absolute Gasteiger partial charge is 0.277 e. The molecule has 0 fully saturated rings. The van der Waals surface area contributed by atoms with Crippen LogP contribution in [0.2, 0.25) is 0 Å². The quantitative estimate of drug-likeness (QED) is 0.856. The van der Waals surface area contributed by atoms with Gasteiger partial charge in [0.05, 0.1) is 16.0 Å². The molecule has 2 aromatic carbocycles. The van der Waals surface area contributed by atoms with E-state index in [9.17, 15) is 18.0 Å². The number of amides is 2. The molecule has 0 spiro atoms. The summed E-state index contributed by atoms with van der Waals surface area (Å²) in [6, 6.07) is 11.4. The highest BCUT2D eigenvalue weighted by Crippen LogP contribution is 2.24. The molecule has 3 rings (SSSR count). The minimum Gasteiger partial charge on any atom is -0.277 e. The predicted octanol–water partition coefficient (Wildman–Crippen LogP) is 1.70. The van der Waals surface area contributed by atoms with Gasteiger partial charge in [-0.3, -0.25) is 14.5 Å². The summed E-state index contributed by atoms with van der Waals surface area (Å²) in [6.45, 7) is 2.05. The number of benzene rings is 2. The third kappa shape index (κ3) is 2.72. The van der Waals surface area contributed by atoms with Gasteiger partial charge in [0, 0.05) is 13.6 Å². The number of hydrogen-bond donors (Lipinski definition) is 1. The van der Waals surface area contributed by atoms with Crippen molar-refractivity contribution in [3.63, 3.8) is 0 Å². The van der Waals surface area contributed by atoms with Gasteiger partial charge in [-0.1, -0.05) is 24.3 Å². The van der Waals surface area contributed by atoms with E-state index in [1.54, 1.807) is 0 Å². The molecule has 0 aromatic heterocycles. The summed E-state index contributed by atoms with van der Waals surface area (Å²) in [7, 11) is -2.42. The van der Waals surface area contributed by atoms with Crippen molar-refractivity contribution in [1.82, 2.24) is 9.62 Å². The van der Waals surface area contributed by atoms with Gasteiger partial charge in [-0.2, -0.15) is 0 Å². The van der Waals surface area contributed by atoms with Crippen LogP contribution in [0, 0.1) is 6.92 Å². The lowest BCUT2D eigenvalue weighted by Gasteiger charge is -2.09. The lowest BCUT2D eigenvalue weighted by atomic mass is 10.1. The number of carbonyl (C=O) groups excluding carboxylic acids is 2. The second kappa shape index (κ2) is 5.85. The average molecular weight is 344 g/mol. The number of fused-ring (bicyclic) bond motifs is 1. The van der Waals surface area contributed by atoms with Gasteiger partial charge in [0.25, 0.3) is 11.8 Å². The number of rotatable bonds is 4. The molecule has 0 saturated carbocycles. The predicted molar refractivity (Wildman–Crippen MR) is 88.1 cm³/mol. The van der Waals surface area contributed by atoms with E-state index in [2.05, 4.69) is 4.72 Å². The molecule has 7 heteroatoms. The maximum atomic E-state index is 12.5. The van der Waals surface area contributed by atoms with Crippen molar-refractivity contribution in [2.24, 2.45) is 0 Å². The van der Waals surface area contributed by atoms with E-state index in [-0.39, 0.29) is 22.6 Å². The Morgan fingerprint density at radius 1 is 1.00 bits per heavy atom. The van der Waals surface area contributed by atoms with Crippen LogP contribution in [0.1, 0.15) is 31.8 Å². The van der Waals surface area contributed by atoms with Crippen LogP contribution < -0.4 is 4.72 Å². The first-order valence-electron chi connectivity index (χ1n) is 7.32. The van der Waals surface area contributed by atoms with Crippen molar-refractivity contribution in [2.75, 3.05) is 7.05 Å². The fourth-order valence-corrected chi connectivity index (χ4v) is 3.60. The van der Waals surface area contributed by atoms with Crippen molar-refractivity contribution < 1.29 is 18.0 Å². The van der Waals surface area contributed by atoms with Crippen LogP contribution >= 0.6 is 0 Å². The Balaban J connectivity index is 1.88. The zero-order chi connectivity index (χ0) is 17.5. The lowest BCUT2D eigenvalue weighted by molar-refractivity contribution is 0.0693. The smallest absolute Gasteiger partial charge is 0.261 e. The van der Waals surface area contributed by atoms with E-state index >= 15 is 0 Å². The molecule has 2 aromatic rings. The van der Waals surface area contributed by atoms with E-state index in [0.29, 0.717) is 0 Å². The molecule has 0 saturated heterocycles. The fraction of sp³-hybridized carbons (Fsp3) is 0.176. The second-order valence-corrected chi connectivity index (χ2v) is 7.39. The fourth-order valence-electron chi connectivity index (χ4n) is 2.57. The topological polar surface area (TPSA) is 83.6 Å². The van der Waals surface area contributed by atoms with Crippen molar-refractivity contribution in [3.8, 4) is 0 Å². The number of carbonyl (C=O) groups is 2. The average Bonchev–Trinajstić information content (AvgIpc) is 2.78. The van der Waals surface area contributed by atoms with Crippen LogP contribution in [0.15, 0.2) is 47.4 Å². The Bertz CT molecular complexity index is 951. The Hall–Kier alpha value is -2.51. The summed E-state index contributed by atoms with van der Waals surface area (Å²) >= 11 is 0. The van der Waals surface area contributed by atoms with E-state index < -0.39 is 21.8 Å². The normalized spacial score (nSPS) is 14.2. The van der Waals surface area contributed by atoms with Gasteiger partial charge in [0.2, 0.25) is 10.0 Å². The summed E-state index contributed by atoms with van der Waals surface area (Å²) in [4.78, 5) is 24.8. The van der Waals surface area contributed by atoms with Gasteiger partial charge in [0.15, 0.2) is 0 Å². The third-order valence-electron chi connectivity index (χ3n) is 4.09. The molecular weight excluding hydrogens is 328 g/mol. The number of nitrogens with one attached hydrogen (secondary N) is 1. The van der Waals surface area contributed by atoms with Gasteiger partial charge in [-0.15, -0.1) is 0 Å². The second-order valence-electron chi connectivity index (χ2n) is 5.63. The Morgan fingerprint density at radius 3 is 2.38 bits per heavy atom. The van der Waals surface area contributed by atoms with Crippen LogP contribution in [-0.2, 0) is 16.6 Å². The van der Waals surface area contributed by atoms with Crippen molar-refractivity contribution in [2.45, 2.75) is 18.4 Å². The molecule has 0 bridgehead atoms. The van der Waals surface area contributed by atoms with Gasteiger partial charge in [-0.05, 0) is 36.2 Å². The zero-order valence-corrected chi connectivity index (χ0v) is 14.1. The molecule has 0 atom stereocenters. The van der Waals surface area contributed by atoms with Crippen molar-refractivity contribution in [1.29, 1.82) is 0 Å². The van der Waals surface area contributed by atoms with Crippen LogP contribution in [0.5, 0.6) is 0 Å². The van der Waals surface area contributed by atoms with Crippen LogP contribution in [-0.4, -0.2) is 32.2 Å². The third-order valence-corrected chi connectivity index (χ3v) is 5.48. The zero-order valence-electron chi connectivity index (χ0n) is 13.2. The van der Waals surface area contributed by atoms with Crippen LogP contribution in [0.3, 0.4) is 0 Å². The Kier molecular flexibility index (Phi) is 3.98. The van der Waals surface area contributed by atoms with E-state index in [4.69, 9.17) is 0 Å². The van der Waals surface area contributed by atoms with E-state index in [1.807, 2.05) is 31.2 Å². The number of hydrogen-bond acceptors (Lipinski definition) is 4. The molecule has 124 valence electrons. The Labute approximate surface area is 140 Å². The molecule has 1 N–H and O–H groups in total. The Morgan fingerprint density at radius 2 is 1.67 bits per heavy atom. The minimum absolute atomic E-state index is 0.0358. The van der Waals surface area contributed by atoms with Crippen LogP contribution in [0.4, 0.5) is 0 Å². The van der Waals surface area contributed by atoms with Crippen LogP contribution in [0.25, 0.3) is 0 Å². The molecule has 6 nitrogen and oxygen atoms in total. The highest BCUT2D eigenvalue weighted by atomic mass is 32.2. The number of nitrogens with zero attached hydrogens (tertiary/aromatic N) is 1. The first-order chi connectivity index (χ1) is 11.3. The maximum Gasteiger partial charge on any atom is 0.261 e. The molecular formula is C17H16N2O4S. The molecule has 1 heterocycles. The van der Waals surface area contributed by atoms with E-state index in [1.165, 1.54) is 25.2 Å². The van der Waals surface area contributed by atoms with E-state index in [0.717, 1.165) is 16.0 Å². The van der Waals surface area contributed by atoms with Gasteiger partial charge in [-0.25, -0.2) is 13.1 Å². The minimum atomic E-state index is -3.79. The summed E-state index contributed by atoms with van der Waals surface area (Å²) in [5.41, 5.74) is 2.19. The van der Waals surface area contributed by atoms with Gasteiger partial charge in [0.1, 0.15) is 0 Å². The SMILES string of the molecule is Cc1ccccc1CNS(=O)(=O)c1ccc2c(c1)C(=O)N(C)C2=O. The highest BCUT2D eigenvalue weighted by molar-refractivity contribution is 7.89. The molecule has 0 aliphatic carbocycles. The molecule has 1 aliphatic heterocycles. The van der Waals surface area contributed by atoms with Gasteiger partial charge < -0.3 is 0 Å². The van der Waals surface area contributed by atoms with Crippen molar-refractivity contribution in [3.05, 3.63) is 64.7 Å². The summed E-state index contributed by atoms with van der Waals surface area (Å²) in [6.07, 6.45) is 0. The highest BCUT2D eigenvalue weighted by Gasteiger charge is 2.33. The molecule has 0 radical (unpaired) electrons. The van der Waals surface area contributed by atoms with Crippen molar-refractivity contribution >= 4 is 21.8 Å².